The molecule has 0 radical (unpaired) electrons. The van der Waals surface area contributed by atoms with Crippen LogP contribution in [-0.4, -0.2) is 28.7 Å². The molecule has 2 aromatic rings. The van der Waals surface area contributed by atoms with Crippen LogP contribution in [0, 0.1) is 24.5 Å². The molecule has 31 heavy (non-hydrogen) atoms. The standard InChI is InChI=1S/C23H26F2N4O2/c1-13(2)20-10-21(30)29(23(26)28-20)12-15-8-7-14(3)16(9-15)22(31)27-11-17-18(24)5-4-6-19(17)25/h4-9,13,20H,10-12H2,1-3H3,(H2,26,28)(H,27,31). The molecule has 6 nitrogen and oxygen atoms in total. The predicted octanol–water partition coefficient (Wildman–Crippen LogP) is 3.27. The van der Waals surface area contributed by atoms with Gasteiger partial charge in [-0.25, -0.2) is 13.8 Å². The number of rotatable bonds is 6. The zero-order chi connectivity index (χ0) is 22.7. The highest BCUT2D eigenvalue weighted by atomic mass is 19.1. The first-order valence-electron chi connectivity index (χ1n) is 10.1. The van der Waals surface area contributed by atoms with Gasteiger partial charge < -0.3 is 11.1 Å². The lowest BCUT2D eigenvalue weighted by Crippen LogP contribution is -2.47. The lowest BCUT2D eigenvalue weighted by molar-refractivity contribution is -0.129. The predicted molar refractivity (Wildman–Crippen MR) is 114 cm³/mol. The monoisotopic (exact) mass is 428 g/mol. The van der Waals surface area contributed by atoms with Gasteiger partial charge in [0.15, 0.2) is 5.96 Å². The Morgan fingerprint density at radius 1 is 1.26 bits per heavy atom. The second-order valence-electron chi connectivity index (χ2n) is 8.01. The van der Waals surface area contributed by atoms with Gasteiger partial charge in [0.25, 0.3) is 5.91 Å². The van der Waals surface area contributed by atoms with Gasteiger partial charge in [0.1, 0.15) is 11.6 Å². The molecule has 164 valence electrons. The van der Waals surface area contributed by atoms with Crippen molar-refractivity contribution in [3.63, 3.8) is 0 Å². The molecule has 0 spiro atoms. The van der Waals surface area contributed by atoms with Crippen LogP contribution >= 0.6 is 0 Å². The van der Waals surface area contributed by atoms with E-state index in [9.17, 15) is 18.4 Å². The highest BCUT2D eigenvalue weighted by molar-refractivity contribution is 5.99. The fourth-order valence-corrected chi connectivity index (χ4v) is 3.42. The minimum atomic E-state index is -0.719. The van der Waals surface area contributed by atoms with Gasteiger partial charge in [0.2, 0.25) is 5.91 Å². The number of guanidine groups is 1. The zero-order valence-electron chi connectivity index (χ0n) is 17.8. The second-order valence-corrected chi connectivity index (χ2v) is 8.01. The topological polar surface area (TPSA) is 87.8 Å². The first kappa shape index (κ1) is 22.4. The van der Waals surface area contributed by atoms with Gasteiger partial charge in [0.05, 0.1) is 19.0 Å². The van der Waals surface area contributed by atoms with Crippen molar-refractivity contribution in [3.8, 4) is 0 Å². The summed E-state index contributed by atoms with van der Waals surface area (Å²) in [6, 6.07) is 8.62. The highest BCUT2D eigenvalue weighted by Gasteiger charge is 2.29. The molecule has 1 atom stereocenters. The van der Waals surface area contributed by atoms with Crippen molar-refractivity contribution in [2.45, 2.75) is 46.3 Å². The van der Waals surface area contributed by atoms with Crippen LogP contribution in [0.2, 0.25) is 0 Å². The number of nitrogens with two attached hydrogens (primary N) is 1. The SMILES string of the molecule is Cc1ccc(CN2C(=O)CC(C(C)C)N=C2N)cc1C(=O)NCc1c(F)cccc1F. The summed E-state index contributed by atoms with van der Waals surface area (Å²) in [5.41, 5.74) is 7.57. The Labute approximate surface area is 180 Å². The number of hydrogen-bond donors (Lipinski definition) is 2. The minimum absolute atomic E-state index is 0.118. The van der Waals surface area contributed by atoms with Crippen molar-refractivity contribution in [2.24, 2.45) is 16.6 Å². The summed E-state index contributed by atoms with van der Waals surface area (Å²) in [5, 5.41) is 2.56. The molecule has 0 aromatic heterocycles. The van der Waals surface area contributed by atoms with E-state index >= 15 is 0 Å². The Hall–Kier alpha value is -3.29. The third kappa shape index (κ3) is 5.07. The van der Waals surface area contributed by atoms with Crippen LogP contribution in [-0.2, 0) is 17.9 Å². The quantitative estimate of drug-likeness (QED) is 0.740. The number of benzene rings is 2. The normalized spacial score (nSPS) is 16.5. The number of amides is 2. The number of halogens is 2. The number of carbonyl (C=O) groups is 2. The van der Waals surface area contributed by atoms with Gasteiger partial charge in [-0.15, -0.1) is 0 Å². The summed E-state index contributed by atoms with van der Waals surface area (Å²) in [7, 11) is 0. The van der Waals surface area contributed by atoms with Gasteiger partial charge in [-0.3, -0.25) is 14.5 Å². The molecule has 0 aliphatic carbocycles. The molecular weight excluding hydrogens is 402 g/mol. The van der Waals surface area contributed by atoms with Gasteiger partial charge in [0, 0.05) is 17.7 Å². The molecule has 1 unspecified atom stereocenters. The molecule has 0 bridgehead atoms. The summed E-state index contributed by atoms with van der Waals surface area (Å²) >= 11 is 0. The third-order valence-corrected chi connectivity index (χ3v) is 5.40. The maximum absolute atomic E-state index is 13.8. The highest BCUT2D eigenvalue weighted by Crippen LogP contribution is 2.20. The van der Waals surface area contributed by atoms with E-state index < -0.39 is 17.5 Å². The molecule has 8 heteroatoms. The van der Waals surface area contributed by atoms with Crippen molar-refractivity contribution < 1.29 is 18.4 Å². The Kier molecular flexibility index (Phi) is 6.68. The molecule has 3 N–H and O–H groups in total. The number of nitrogens with one attached hydrogen (secondary N) is 1. The summed E-state index contributed by atoms with van der Waals surface area (Å²) < 4.78 is 27.6. The summed E-state index contributed by atoms with van der Waals surface area (Å²) in [4.78, 5) is 31.0. The molecule has 2 aromatic carbocycles. The molecule has 1 heterocycles. The Bertz CT molecular complexity index is 1020. The fraction of sp³-hybridized carbons (Fsp3) is 0.348. The Morgan fingerprint density at radius 3 is 2.55 bits per heavy atom. The molecule has 0 saturated carbocycles. The van der Waals surface area contributed by atoms with Crippen molar-refractivity contribution in [2.75, 3.05) is 0 Å². The van der Waals surface area contributed by atoms with Crippen molar-refractivity contribution in [3.05, 3.63) is 70.3 Å². The lowest BCUT2D eigenvalue weighted by atomic mass is 9.99. The van der Waals surface area contributed by atoms with Crippen LogP contribution < -0.4 is 11.1 Å². The van der Waals surface area contributed by atoms with E-state index in [0.717, 1.165) is 12.1 Å². The van der Waals surface area contributed by atoms with Crippen LogP contribution in [0.25, 0.3) is 0 Å². The Balaban J connectivity index is 1.75. The largest absolute Gasteiger partial charge is 0.369 e. The van der Waals surface area contributed by atoms with E-state index in [1.54, 1.807) is 25.1 Å². The molecular formula is C23H26F2N4O2. The third-order valence-electron chi connectivity index (χ3n) is 5.40. The van der Waals surface area contributed by atoms with E-state index in [2.05, 4.69) is 10.3 Å². The molecule has 1 aliphatic heterocycles. The van der Waals surface area contributed by atoms with Crippen LogP contribution in [0.1, 0.15) is 47.3 Å². The maximum atomic E-state index is 13.8. The maximum Gasteiger partial charge on any atom is 0.251 e. The van der Waals surface area contributed by atoms with Crippen molar-refractivity contribution in [1.82, 2.24) is 10.2 Å². The van der Waals surface area contributed by atoms with Gasteiger partial charge in [-0.1, -0.05) is 32.0 Å². The first-order chi connectivity index (χ1) is 14.7. The summed E-state index contributed by atoms with van der Waals surface area (Å²) in [6.07, 6.45) is 0.284. The van der Waals surface area contributed by atoms with Crippen molar-refractivity contribution >= 4 is 17.8 Å². The average molecular weight is 428 g/mol. The summed E-state index contributed by atoms with van der Waals surface area (Å²) in [6.45, 7) is 5.64. The van der Waals surface area contributed by atoms with E-state index in [4.69, 9.17) is 5.73 Å². The van der Waals surface area contributed by atoms with E-state index in [1.807, 2.05) is 13.8 Å². The van der Waals surface area contributed by atoms with Crippen LogP contribution in [0.5, 0.6) is 0 Å². The molecule has 0 saturated heterocycles. The second kappa shape index (κ2) is 9.24. The number of aryl methyl sites for hydroxylation is 1. The smallest absolute Gasteiger partial charge is 0.251 e. The first-order valence-corrected chi connectivity index (χ1v) is 10.1. The zero-order valence-corrected chi connectivity index (χ0v) is 17.8. The Morgan fingerprint density at radius 2 is 1.94 bits per heavy atom. The number of aliphatic imine (C=N–C) groups is 1. The van der Waals surface area contributed by atoms with Crippen LogP contribution in [0.3, 0.4) is 0 Å². The van der Waals surface area contributed by atoms with Crippen LogP contribution in [0.4, 0.5) is 8.78 Å². The number of hydrogen-bond acceptors (Lipinski definition) is 4. The lowest BCUT2D eigenvalue weighted by Gasteiger charge is -2.30. The molecule has 1 aliphatic rings. The number of carbonyl (C=O) groups excluding carboxylic acids is 2. The molecule has 2 amide bonds. The average Bonchev–Trinajstić information content (AvgIpc) is 2.71. The van der Waals surface area contributed by atoms with Gasteiger partial charge in [-0.05, 0) is 42.2 Å². The van der Waals surface area contributed by atoms with Gasteiger partial charge >= 0.3 is 0 Å². The molecule has 0 fully saturated rings. The van der Waals surface area contributed by atoms with Crippen LogP contribution in [0.15, 0.2) is 41.4 Å². The summed E-state index contributed by atoms with van der Waals surface area (Å²) in [5.74, 6) is -1.65. The number of nitrogens with zero attached hydrogens (tertiary/aromatic N) is 2. The van der Waals surface area contributed by atoms with E-state index in [1.165, 1.54) is 11.0 Å². The minimum Gasteiger partial charge on any atom is -0.369 e. The van der Waals surface area contributed by atoms with E-state index in [0.29, 0.717) is 16.7 Å². The molecule has 3 rings (SSSR count). The van der Waals surface area contributed by atoms with Crippen molar-refractivity contribution in [1.29, 1.82) is 0 Å². The fourth-order valence-electron chi connectivity index (χ4n) is 3.42. The van der Waals surface area contributed by atoms with E-state index in [-0.39, 0.29) is 48.9 Å². The van der Waals surface area contributed by atoms with Gasteiger partial charge in [-0.2, -0.15) is 0 Å².